The van der Waals surface area contributed by atoms with Gasteiger partial charge in [0.1, 0.15) is 5.75 Å². The van der Waals surface area contributed by atoms with Gasteiger partial charge >= 0.3 is 0 Å². The minimum Gasteiger partial charge on any atom is -0.492 e. The summed E-state index contributed by atoms with van der Waals surface area (Å²) in [5, 5.41) is 0. The van der Waals surface area contributed by atoms with Crippen LogP contribution in [0.15, 0.2) is 18.2 Å². The normalized spacial score (nSPS) is 15.7. The van der Waals surface area contributed by atoms with Gasteiger partial charge in [-0.05, 0) is 38.0 Å². The first-order valence-corrected chi connectivity index (χ1v) is 5.58. The van der Waals surface area contributed by atoms with Crippen molar-refractivity contribution in [1.82, 2.24) is 0 Å². The largest absolute Gasteiger partial charge is 0.492 e. The summed E-state index contributed by atoms with van der Waals surface area (Å²) >= 11 is 0. The van der Waals surface area contributed by atoms with Crippen molar-refractivity contribution in [3.63, 3.8) is 0 Å². The Morgan fingerprint density at radius 2 is 2.07 bits per heavy atom. The highest BCUT2D eigenvalue weighted by Crippen LogP contribution is 2.28. The maximum atomic E-state index is 5.92. The first kappa shape index (κ1) is 10.1. The summed E-state index contributed by atoms with van der Waals surface area (Å²) in [5.41, 5.74) is 7.88. The van der Waals surface area contributed by atoms with Crippen LogP contribution in [0, 0.1) is 0 Å². The Hall–Kier alpha value is -1.38. The number of nitrogens with two attached hydrogens (primary N) is 1. The minimum absolute atomic E-state index is 0.660. The Morgan fingerprint density at radius 3 is 2.67 bits per heavy atom. The first-order valence-electron chi connectivity index (χ1n) is 5.58. The molecule has 1 fully saturated rings. The Bertz CT molecular complexity index is 332. The zero-order valence-corrected chi connectivity index (χ0v) is 9.20. The van der Waals surface area contributed by atoms with Crippen LogP contribution in [0.3, 0.4) is 0 Å². The molecular weight excluding hydrogens is 188 g/mol. The van der Waals surface area contributed by atoms with Crippen LogP contribution in [-0.2, 0) is 0 Å². The van der Waals surface area contributed by atoms with Gasteiger partial charge in [-0.2, -0.15) is 0 Å². The van der Waals surface area contributed by atoms with E-state index in [-0.39, 0.29) is 0 Å². The molecule has 1 heterocycles. The summed E-state index contributed by atoms with van der Waals surface area (Å²) in [5.74, 6) is 0.792. The van der Waals surface area contributed by atoms with Crippen molar-refractivity contribution in [2.24, 2.45) is 0 Å². The zero-order valence-electron chi connectivity index (χ0n) is 9.20. The van der Waals surface area contributed by atoms with Gasteiger partial charge in [-0.1, -0.05) is 0 Å². The predicted octanol–water partition coefficient (Wildman–Crippen LogP) is 2.27. The monoisotopic (exact) mass is 206 g/mol. The Labute approximate surface area is 90.8 Å². The molecule has 0 aromatic heterocycles. The van der Waals surface area contributed by atoms with E-state index in [1.54, 1.807) is 0 Å². The van der Waals surface area contributed by atoms with E-state index in [2.05, 4.69) is 11.0 Å². The van der Waals surface area contributed by atoms with E-state index in [4.69, 9.17) is 10.5 Å². The number of nitrogens with zero attached hydrogens (tertiary/aromatic N) is 1. The number of rotatable bonds is 3. The minimum atomic E-state index is 0.660. The summed E-state index contributed by atoms with van der Waals surface area (Å²) in [4.78, 5) is 2.37. The molecule has 2 N–H and O–H groups in total. The second kappa shape index (κ2) is 4.43. The molecular formula is C12H18N2O. The van der Waals surface area contributed by atoms with Crippen LogP contribution < -0.4 is 15.4 Å². The van der Waals surface area contributed by atoms with E-state index in [0.29, 0.717) is 6.61 Å². The second-order valence-corrected chi connectivity index (χ2v) is 3.85. The van der Waals surface area contributed by atoms with Gasteiger partial charge in [0.15, 0.2) is 0 Å². The fourth-order valence-corrected chi connectivity index (χ4v) is 1.99. The van der Waals surface area contributed by atoms with Gasteiger partial charge in [0.05, 0.1) is 12.3 Å². The molecule has 0 atom stereocenters. The highest BCUT2D eigenvalue weighted by Gasteiger charge is 2.13. The quantitative estimate of drug-likeness (QED) is 0.771. The molecule has 1 aliphatic heterocycles. The zero-order chi connectivity index (χ0) is 10.7. The molecule has 0 unspecified atom stereocenters. The maximum absolute atomic E-state index is 5.92. The number of hydrogen-bond donors (Lipinski definition) is 1. The van der Waals surface area contributed by atoms with Gasteiger partial charge in [0, 0.05) is 18.8 Å². The molecule has 1 saturated heterocycles. The number of anilines is 2. The van der Waals surface area contributed by atoms with Gasteiger partial charge < -0.3 is 15.4 Å². The molecule has 0 bridgehead atoms. The molecule has 2 rings (SSSR count). The van der Waals surface area contributed by atoms with Crippen molar-refractivity contribution in [3.05, 3.63) is 18.2 Å². The van der Waals surface area contributed by atoms with Crippen molar-refractivity contribution < 1.29 is 4.74 Å². The number of benzene rings is 1. The smallest absolute Gasteiger partial charge is 0.142 e. The summed E-state index contributed by atoms with van der Waals surface area (Å²) in [6, 6.07) is 6.06. The SMILES string of the molecule is CCOc1ccc(N2CCCC2)cc1N. The van der Waals surface area contributed by atoms with Crippen LogP contribution in [-0.4, -0.2) is 19.7 Å². The molecule has 1 aromatic rings. The van der Waals surface area contributed by atoms with Crippen LogP contribution in [0.25, 0.3) is 0 Å². The molecule has 1 aromatic carbocycles. The average Bonchev–Trinajstić information content (AvgIpc) is 2.74. The third kappa shape index (κ3) is 2.17. The van der Waals surface area contributed by atoms with Gasteiger partial charge in [-0.3, -0.25) is 0 Å². The number of hydrogen-bond acceptors (Lipinski definition) is 3. The van der Waals surface area contributed by atoms with Gasteiger partial charge in [-0.25, -0.2) is 0 Å². The molecule has 0 spiro atoms. The lowest BCUT2D eigenvalue weighted by Crippen LogP contribution is -2.17. The highest BCUT2D eigenvalue weighted by molar-refractivity contribution is 5.63. The molecule has 0 saturated carbocycles. The molecule has 0 radical (unpaired) electrons. The second-order valence-electron chi connectivity index (χ2n) is 3.85. The molecule has 15 heavy (non-hydrogen) atoms. The van der Waals surface area contributed by atoms with Crippen LogP contribution in [0.1, 0.15) is 19.8 Å². The van der Waals surface area contributed by atoms with E-state index in [1.165, 1.54) is 18.5 Å². The Kier molecular flexibility index (Phi) is 2.99. The fourth-order valence-electron chi connectivity index (χ4n) is 1.99. The summed E-state index contributed by atoms with van der Waals surface area (Å²) in [6.07, 6.45) is 2.57. The topological polar surface area (TPSA) is 38.5 Å². The standard InChI is InChI=1S/C12H18N2O/c1-2-15-12-6-5-10(9-11(12)13)14-7-3-4-8-14/h5-6,9H,2-4,7-8,13H2,1H3. The van der Waals surface area contributed by atoms with Crippen molar-refractivity contribution in [2.75, 3.05) is 30.3 Å². The van der Waals surface area contributed by atoms with E-state index in [1.807, 2.05) is 19.1 Å². The summed E-state index contributed by atoms with van der Waals surface area (Å²) < 4.78 is 5.41. The Morgan fingerprint density at radius 1 is 1.33 bits per heavy atom. The lowest BCUT2D eigenvalue weighted by molar-refractivity contribution is 0.342. The van der Waals surface area contributed by atoms with Crippen LogP contribution in [0.5, 0.6) is 5.75 Å². The van der Waals surface area contributed by atoms with Crippen molar-refractivity contribution >= 4 is 11.4 Å². The predicted molar refractivity (Wildman–Crippen MR) is 63.5 cm³/mol. The average molecular weight is 206 g/mol. The third-order valence-corrected chi connectivity index (χ3v) is 2.76. The first-order chi connectivity index (χ1) is 7.31. The highest BCUT2D eigenvalue weighted by atomic mass is 16.5. The third-order valence-electron chi connectivity index (χ3n) is 2.76. The maximum Gasteiger partial charge on any atom is 0.142 e. The van der Waals surface area contributed by atoms with Crippen molar-refractivity contribution in [2.45, 2.75) is 19.8 Å². The lowest BCUT2D eigenvalue weighted by atomic mass is 10.2. The van der Waals surface area contributed by atoms with E-state index < -0.39 is 0 Å². The van der Waals surface area contributed by atoms with E-state index in [0.717, 1.165) is 24.5 Å². The molecule has 1 aliphatic rings. The number of nitrogen functional groups attached to an aromatic ring is 1. The molecule has 3 nitrogen and oxygen atoms in total. The summed E-state index contributed by atoms with van der Waals surface area (Å²) in [7, 11) is 0. The van der Waals surface area contributed by atoms with Crippen molar-refractivity contribution in [1.29, 1.82) is 0 Å². The Balaban J connectivity index is 2.16. The van der Waals surface area contributed by atoms with Gasteiger partial charge in [0.2, 0.25) is 0 Å². The van der Waals surface area contributed by atoms with Gasteiger partial charge in [0.25, 0.3) is 0 Å². The molecule has 82 valence electrons. The molecule has 0 aliphatic carbocycles. The van der Waals surface area contributed by atoms with Crippen LogP contribution in [0.2, 0.25) is 0 Å². The fraction of sp³-hybridized carbons (Fsp3) is 0.500. The molecule has 0 amide bonds. The molecule has 3 heteroatoms. The van der Waals surface area contributed by atoms with E-state index >= 15 is 0 Å². The van der Waals surface area contributed by atoms with Crippen LogP contribution in [0.4, 0.5) is 11.4 Å². The summed E-state index contributed by atoms with van der Waals surface area (Å²) in [6.45, 7) is 4.92. The lowest BCUT2D eigenvalue weighted by Gasteiger charge is -2.18. The van der Waals surface area contributed by atoms with Gasteiger partial charge in [-0.15, -0.1) is 0 Å². The number of ether oxygens (including phenoxy) is 1. The van der Waals surface area contributed by atoms with Crippen molar-refractivity contribution in [3.8, 4) is 5.75 Å². The van der Waals surface area contributed by atoms with Crippen LogP contribution >= 0.6 is 0 Å². The van der Waals surface area contributed by atoms with E-state index in [9.17, 15) is 0 Å².